The molecule has 3 rings (SSSR count). The topological polar surface area (TPSA) is 57.0 Å². The van der Waals surface area contributed by atoms with E-state index in [0.29, 0.717) is 18.3 Å². The number of aromatic nitrogens is 3. The van der Waals surface area contributed by atoms with Crippen molar-refractivity contribution in [3.05, 3.63) is 59.9 Å². The minimum Gasteiger partial charge on any atom is -0.433 e. The van der Waals surface area contributed by atoms with E-state index in [1.807, 2.05) is 12.1 Å². The van der Waals surface area contributed by atoms with Crippen LogP contribution in [0.15, 0.2) is 48.5 Å². The van der Waals surface area contributed by atoms with Crippen molar-refractivity contribution >= 4 is 6.29 Å². The lowest BCUT2D eigenvalue weighted by Crippen LogP contribution is -2.19. The highest BCUT2D eigenvalue weighted by Gasteiger charge is 2.24. The van der Waals surface area contributed by atoms with Crippen molar-refractivity contribution in [1.29, 1.82) is 0 Å². The molecule has 0 radical (unpaired) electrons. The Kier molecular flexibility index (Phi) is 7.15. The zero-order valence-corrected chi connectivity index (χ0v) is 18.0. The molecule has 0 amide bonds. The van der Waals surface area contributed by atoms with Gasteiger partial charge in [-0.15, -0.1) is 5.10 Å². The second-order valence-corrected chi connectivity index (χ2v) is 7.60. The van der Waals surface area contributed by atoms with Gasteiger partial charge in [0.2, 0.25) is 0 Å². The molecule has 1 heterocycles. The van der Waals surface area contributed by atoms with Crippen LogP contribution in [0.3, 0.4) is 0 Å². The van der Waals surface area contributed by atoms with Crippen LogP contribution in [0, 0.1) is 0 Å². The van der Waals surface area contributed by atoms with Gasteiger partial charge in [-0.2, -0.15) is 8.78 Å². The maximum Gasteiger partial charge on any atom is 0.394 e. The molecule has 31 heavy (non-hydrogen) atoms. The fourth-order valence-electron chi connectivity index (χ4n) is 3.44. The van der Waals surface area contributed by atoms with Crippen LogP contribution in [0.5, 0.6) is 5.75 Å². The van der Waals surface area contributed by atoms with E-state index in [2.05, 4.69) is 18.6 Å². The number of carbonyl (C=O) groups is 1. The number of ether oxygens (including phenoxy) is 1. The average molecular weight is 427 g/mol. The quantitative estimate of drug-likeness (QED) is 0.350. The Hall–Kier alpha value is -3.09. The molecule has 0 aliphatic carbocycles. The van der Waals surface area contributed by atoms with E-state index >= 15 is 0 Å². The molecular weight excluding hydrogens is 400 g/mol. The van der Waals surface area contributed by atoms with Crippen molar-refractivity contribution in [2.45, 2.75) is 58.5 Å². The van der Waals surface area contributed by atoms with Gasteiger partial charge in [0.1, 0.15) is 17.9 Å². The maximum atomic E-state index is 13.1. The van der Waals surface area contributed by atoms with Gasteiger partial charge in [-0.05, 0) is 37.1 Å². The largest absolute Gasteiger partial charge is 0.433 e. The third-order valence-corrected chi connectivity index (χ3v) is 5.08. The summed E-state index contributed by atoms with van der Waals surface area (Å²) >= 11 is 0. The van der Waals surface area contributed by atoms with Gasteiger partial charge in [0.25, 0.3) is 0 Å². The molecule has 0 N–H and O–H groups in total. The summed E-state index contributed by atoms with van der Waals surface area (Å²) in [6.07, 6.45) is 1.61. The van der Waals surface area contributed by atoms with Gasteiger partial charge in [0, 0.05) is 24.0 Å². The standard InChI is InChI=1S/C24H27F2N3O2/c1-4-6-7-18(5-2)23-27-22(19-10-8-17(16-30)9-11-19)28-29(23)20-12-14-21(15-13-20)31-24(3,25)26/h8-16,18H,4-7H2,1-3H3. The molecule has 0 bridgehead atoms. The molecule has 0 spiro atoms. The number of nitrogens with zero attached hydrogens (tertiary/aromatic N) is 3. The van der Waals surface area contributed by atoms with Gasteiger partial charge in [-0.25, -0.2) is 9.67 Å². The molecule has 1 atom stereocenters. The summed E-state index contributed by atoms with van der Waals surface area (Å²) in [5.41, 5.74) is 2.11. The Morgan fingerprint density at radius 3 is 2.32 bits per heavy atom. The first kappa shape index (κ1) is 22.6. The van der Waals surface area contributed by atoms with Gasteiger partial charge in [0.05, 0.1) is 5.69 Å². The normalized spacial score (nSPS) is 12.5. The average Bonchev–Trinajstić information content (AvgIpc) is 3.19. The molecule has 0 aliphatic rings. The number of benzene rings is 2. The molecule has 2 aromatic carbocycles. The van der Waals surface area contributed by atoms with E-state index in [1.165, 1.54) is 12.1 Å². The zero-order valence-electron chi connectivity index (χ0n) is 18.0. The van der Waals surface area contributed by atoms with Crippen LogP contribution in [0.1, 0.15) is 68.6 Å². The molecule has 164 valence electrons. The van der Waals surface area contributed by atoms with Crippen LogP contribution in [0.4, 0.5) is 8.78 Å². The highest BCUT2D eigenvalue weighted by atomic mass is 19.3. The Labute approximate surface area is 181 Å². The summed E-state index contributed by atoms with van der Waals surface area (Å²) in [6.45, 7) is 4.98. The highest BCUT2D eigenvalue weighted by molar-refractivity contribution is 5.76. The molecule has 1 unspecified atom stereocenters. The molecule has 3 aromatic rings. The van der Waals surface area contributed by atoms with Gasteiger partial charge in [-0.1, -0.05) is 51.0 Å². The SMILES string of the molecule is CCCCC(CC)c1nc(-c2ccc(C=O)cc2)nn1-c1ccc(OC(C)(F)F)cc1. The first-order chi connectivity index (χ1) is 14.8. The second kappa shape index (κ2) is 9.81. The number of unbranched alkanes of at least 4 members (excludes halogenated alkanes) is 1. The van der Waals surface area contributed by atoms with Gasteiger partial charge >= 0.3 is 6.11 Å². The van der Waals surface area contributed by atoms with Crippen molar-refractivity contribution in [2.75, 3.05) is 0 Å². The van der Waals surface area contributed by atoms with E-state index in [-0.39, 0.29) is 11.7 Å². The smallest absolute Gasteiger partial charge is 0.394 e. The number of alkyl halides is 2. The number of hydrogen-bond donors (Lipinski definition) is 0. The third kappa shape index (κ3) is 5.75. The summed E-state index contributed by atoms with van der Waals surface area (Å²) in [7, 11) is 0. The van der Waals surface area contributed by atoms with Crippen molar-refractivity contribution in [1.82, 2.24) is 14.8 Å². The highest BCUT2D eigenvalue weighted by Crippen LogP contribution is 2.30. The Morgan fingerprint density at radius 2 is 1.77 bits per heavy atom. The first-order valence-corrected chi connectivity index (χ1v) is 10.5. The van der Waals surface area contributed by atoms with Crippen molar-refractivity contribution in [2.24, 2.45) is 0 Å². The fraction of sp³-hybridized carbons (Fsp3) is 0.375. The lowest BCUT2D eigenvalue weighted by molar-refractivity contribution is -0.158. The number of halogens is 2. The van der Waals surface area contributed by atoms with Crippen LogP contribution in [0.2, 0.25) is 0 Å². The van der Waals surface area contributed by atoms with Crippen LogP contribution in [0.25, 0.3) is 17.1 Å². The van der Waals surface area contributed by atoms with E-state index in [9.17, 15) is 13.6 Å². The van der Waals surface area contributed by atoms with Gasteiger partial charge < -0.3 is 4.74 Å². The monoisotopic (exact) mass is 427 g/mol. The molecule has 0 fully saturated rings. The summed E-state index contributed by atoms with van der Waals surface area (Å²) < 4.78 is 32.7. The van der Waals surface area contributed by atoms with E-state index in [1.54, 1.807) is 28.9 Å². The summed E-state index contributed by atoms with van der Waals surface area (Å²) in [5, 5.41) is 4.72. The number of hydrogen-bond acceptors (Lipinski definition) is 4. The third-order valence-electron chi connectivity index (χ3n) is 5.08. The maximum absolute atomic E-state index is 13.1. The number of rotatable bonds is 10. The minimum absolute atomic E-state index is 0.0839. The predicted octanol–water partition coefficient (Wildman–Crippen LogP) is 6.42. The summed E-state index contributed by atoms with van der Waals surface area (Å²) in [4.78, 5) is 15.8. The first-order valence-electron chi connectivity index (χ1n) is 10.5. The number of aldehydes is 1. The molecule has 0 saturated heterocycles. The number of carbonyl (C=O) groups excluding carboxylic acids is 1. The Bertz CT molecular complexity index is 993. The van der Waals surface area contributed by atoms with Crippen LogP contribution >= 0.6 is 0 Å². The van der Waals surface area contributed by atoms with Crippen LogP contribution in [-0.2, 0) is 0 Å². The lowest BCUT2D eigenvalue weighted by atomic mass is 9.98. The zero-order chi connectivity index (χ0) is 22.4. The second-order valence-electron chi connectivity index (χ2n) is 7.60. The van der Waals surface area contributed by atoms with E-state index in [4.69, 9.17) is 10.1 Å². The van der Waals surface area contributed by atoms with Crippen molar-refractivity contribution < 1.29 is 18.3 Å². The minimum atomic E-state index is -3.24. The molecule has 5 nitrogen and oxygen atoms in total. The molecule has 7 heteroatoms. The Balaban J connectivity index is 2.01. The molecule has 0 saturated carbocycles. The van der Waals surface area contributed by atoms with Crippen molar-refractivity contribution in [3.63, 3.8) is 0 Å². The van der Waals surface area contributed by atoms with Crippen LogP contribution in [-0.4, -0.2) is 27.2 Å². The lowest BCUT2D eigenvalue weighted by Gasteiger charge is -2.16. The van der Waals surface area contributed by atoms with Crippen LogP contribution < -0.4 is 4.74 Å². The van der Waals surface area contributed by atoms with Gasteiger partial charge in [0.15, 0.2) is 5.82 Å². The fourth-order valence-corrected chi connectivity index (χ4v) is 3.44. The summed E-state index contributed by atoms with van der Waals surface area (Å²) in [6, 6.07) is 13.5. The molecular formula is C24H27F2N3O2. The van der Waals surface area contributed by atoms with Crippen molar-refractivity contribution in [3.8, 4) is 22.8 Å². The Morgan fingerprint density at radius 1 is 1.10 bits per heavy atom. The van der Waals surface area contributed by atoms with E-state index in [0.717, 1.165) is 49.0 Å². The van der Waals surface area contributed by atoms with E-state index < -0.39 is 6.11 Å². The molecule has 1 aromatic heterocycles. The van der Waals surface area contributed by atoms with Gasteiger partial charge in [-0.3, -0.25) is 4.79 Å². The molecule has 0 aliphatic heterocycles. The summed E-state index contributed by atoms with van der Waals surface area (Å²) in [5.74, 6) is 1.69. The predicted molar refractivity (Wildman–Crippen MR) is 116 cm³/mol.